The van der Waals surface area contributed by atoms with Gasteiger partial charge in [0.1, 0.15) is 45.7 Å². The quantitative estimate of drug-likeness (QED) is 0.180. The minimum atomic E-state index is -1.28. The lowest BCUT2D eigenvalue weighted by Crippen LogP contribution is -2.32. The average molecular weight is 760 g/mol. The van der Waals surface area contributed by atoms with Crippen LogP contribution in [-0.2, 0) is 11.3 Å². The number of rotatable bonds is 0. The molecule has 7 aliphatic heterocycles. The molecule has 6 aromatic carbocycles. The first-order chi connectivity index (χ1) is 29.1. The lowest BCUT2D eigenvalue weighted by molar-refractivity contribution is 0.382. The summed E-state index contributed by atoms with van der Waals surface area (Å²) in [5.41, 5.74) is 7.45. The van der Waals surface area contributed by atoms with Crippen molar-refractivity contribution in [3.05, 3.63) is 212 Å². The van der Waals surface area contributed by atoms with Gasteiger partial charge in [0.2, 0.25) is 11.3 Å². The van der Waals surface area contributed by atoms with E-state index in [4.69, 9.17) is 39.9 Å². The maximum atomic E-state index is 5.76. The van der Waals surface area contributed by atoms with Gasteiger partial charge in [-0.15, -0.1) is 0 Å². The van der Waals surface area contributed by atoms with Gasteiger partial charge in [0.15, 0.2) is 11.7 Å². The first kappa shape index (κ1) is 31.2. The van der Waals surface area contributed by atoms with Crippen LogP contribution in [0.3, 0.4) is 0 Å². The highest BCUT2D eigenvalue weighted by atomic mass is 15.3. The molecule has 12 bridgehead atoms. The van der Waals surface area contributed by atoms with Crippen molar-refractivity contribution in [3.63, 3.8) is 0 Å². The predicted molar refractivity (Wildman–Crippen MR) is 225 cm³/mol. The molecule has 0 amide bonds. The molecule has 0 radical (unpaired) electrons. The second-order valence-corrected chi connectivity index (χ2v) is 15.7. The van der Waals surface area contributed by atoms with Crippen LogP contribution in [0, 0.1) is 0 Å². The molecule has 0 saturated carbocycles. The van der Waals surface area contributed by atoms with E-state index in [2.05, 4.69) is 100 Å². The van der Waals surface area contributed by atoms with Crippen LogP contribution < -0.4 is 27.3 Å². The number of hydrogen-bond acceptors (Lipinski definition) is 9. The third-order valence-corrected chi connectivity index (χ3v) is 12.6. The number of fused-ring (bicyclic) bond motifs is 6. The SMILES string of the molecule is c1ccc2c(c1)C1=NC2C23N=C(N=c4[nH]/c(c5ccccc45)=N\C4(N=C(N=c5[nH]/c(c6ccccc56)=N\2)c2ccccc24)C2N=C(N1)c1ccccc12)c1ccccc13. The van der Waals surface area contributed by atoms with Gasteiger partial charge in [-0.3, -0.25) is 9.98 Å². The zero-order valence-electron chi connectivity index (χ0n) is 31.1. The van der Waals surface area contributed by atoms with Gasteiger partial charge in [-0.1, -0.05) is 146 Å². The summed E-state index contributed by atoms with van der Waals surface area (Å²) in [5, 5.41) is 7.40. The van der Waals surface area contributed by atoms with Gasteiger partial charge in [0, 0.05) is 54.9 Å². The van der Waals surface area contributed by atoms with E-state index in [1.54, 1.807) is 0 Å². The molecule has 15 rings (SSSR count). The monoisotopic (exact) mass is 759 g/mol. The van der Waals surface area contributed by atoms with Crippen molar-refractivity contribution in [2.45, 2.75) is 23.4 Å². The van der Waals surface area contributed by atoms with Crippen molar-refractivity contribution in [3.8, 4) is 0 Å². The van der Waals surface area contributed by atoms with Gasteiger partial charge in [0.25, 0.3) is 0 Å². The number of aliphatic imine (C=N–C) groups is 4. The molecule has 0 saturated heterocycles. The molecule has 59 heavy (non-hydrogen) atoms. The number of benzene rings is 6. The Labute approximate surface area is 334 Å². The molecule has 276 valence electrons. The smallest absolute Gasteiger partial charge is 0.207 e. The fourth-order valence-electron chi connectivity index (χ4n) is 10.00. The largest absolute Gasteiger partial charge is 0.324 e. The Morgan fingerprint density at radius 2 is 0.746 bits per heavy atom. The van der Waals surface area contributed by atoms with E-state index in [0.717, 1.165) is 66.1 Å². The maximum absolute atomic E-state index is 5.76. The third kappa shape index (κ3) is 4.00. The molecule has 2 aromatic heterocycles. The summed E-state index contributed by atoms with van der Waals surface area (Å²) in [6.45, 7) is 0. The summed E-state index contributed by atoms with van der Waals surface area (Å²) in [4.78, 5) is 52.2. The Kier molecular flexibility index (Phi) is 5.78. The van der Waals surface area contributed by atoms with Crippen molar-refractivity contribution < 1.29 is 0 Å². The van der Waals surface area contributed by atoms with E-state index in [-0.39, 0.29) is 0 Å². The molecule has 11 heteroatoms. The Morgan fingerprint density at radius 1 is 0.373 bits per heavy atom. The summed E-state index contributed by atoms with van der Waals surface area (Å²) >= 11 is 0. The van der Waals surface area contributed by atoms with Gasteiger partial charge >= 0.3 is 0 Å². The van der Waals surface area contributed by atoms with Crippen molar-refractivity contribution in [1.29, 1.82) is 0 Å². The summed E-state index contributed by atoms with van der Waals surface area (Å²) in [5.74, 6) is 2.49. The fraction of sp³-hybridized carbons (Fsp3) is 0.0833. The first-order valence-corrected chi connectivity index (χ1v) is 19.8. The Morgan fingerprint density at radius 3 is 1.20 bits per heavy atom. The van der Waals surface area contributed by atoms with Gasteiger partial charge in [-0.05, 0) is 11.1 Å². The summed E-state index contributed by atoms with van der Waals surface area (Å²) in [6, 6.07) is 48.5. The molecule has 4 atom stereocenters. The van der Waals surface area contributed by atoms with Crippen molar-refractivity contribution in [2.75, 3.05) is 0 Å². The first-order valence-electron chi connectivity index (χ1n) is 19.8. The molecule has 3 N–H and O–H groups in total. The third-order valence-electron chi connectivity index (χ3n) is 12.6. The second kappa shape index (κ2) is 10.9. The van der Waals surface area contributed by atoms with Gasteiger partial charge in [-0.25, -0.2) is 30.0 Å². The fourth-order valence-corrected chi connectivity index (χ4v) is 10.00. The topological polar surface area (TPSA) is 142 Å². The highest BCUT2D eigenvalue weighted by molar-refractivity contribution is 6.18. The Balaban J connectivity index is 1.25. The standard InChI is InChI=1S/C48H29N11/c1-3-15-27-25(13-1)37-47-35-23-11-9-21-33(35)45(58-47)54-42-30-18-6-8-20-32(30)44(53-42)57-48(38-26-14-2-4-16-28(26)40(50-38)51-39(27)49-37)36-24-12-10-22-34(36)46(59-48)55-41-29-17-5-7-19-31(29)43(52-41)56-47/h1-24,37-38H,(H,49,50,51)(H,52,55,56,59)(H,53,54,57,58). The average Bonchev–Trinajstić information content (AvgIpc) is 4.12. The Bertz CT molecular complexity index is 3400. The molecular weight excluding hydrogens is 731 g/mol. The van der Waals surface area contributed by atoms with E-state index in [1.165, 1.54) is 0 Å². The molecular formula is C48H29N11. The molecule has 4 unspecified atom stereocenters. The molecule has 8 aromatic rings. The summed E-state index contributed by atoms with van der Waals surface area (Å²) in [6.07, 6.45) is 0. The number of aromatic nitrogens is 2. The molecule has 7 aliphatic rings. The van der Waals surface area contributed by atoms with Crippen molar-refractivity contribution >= 4 is 44.9 Å². The van der Waals surface area contributed by atoms with E-state index in [1.807, 2.05) is 60.7 Å². The zero-order valence-corrected chi connectivity index (χ0v) is 31.1. The van der Waals surface area contributed by atoms with Crippen LogP contribution in [0.25, 0.3) is 21.5 Å². The van der Waals surface area contributed by atoms with E-state index in [0.29, 0.717) is 45.3 Å². The van der Waals surface area contributed by atoms with Crippen LogP contribution in [0.15, 0.2) is 186 Å². The van der Waals surface area contributed by atoms with E-state index < -0.39 is 23.4 Å². The summed E-state index contributed by atoms with van der Waals surface area (Å²) in [7, 11) is 0. The predicted octanol–water partition coefficient (Wildman–Crippen LogP) is 5.67. The second-order valence-electron chi connectivity index (χ2n) is 15.7. The van der Waals surface area contributed by atoms with E-state index >= 15 is 0 Å². The number of amidine groups is 4. The molecule has 9 heterocycles. The number of nitrogens with one attached hydrogen (secondary N) is 3. The lowest BCUT2D eigenvalue weighted by Gasteiger charge is -2.28. The number of H-pyrrole nitrogens is 2. The number of aromatic amines is 2. The minimum Gasteiger partial charge on any atom is -0.324 e. The van der Waals surface area contributed by atoms with E-state index in [9.17, 15) is 0 Å². The van der Waals surface area contributed by atoms with Crippen molar-refractivity contribution in [2.24, 2.45) is 39.9 Å². The highest BCUT2D eigenvalue weighted by Gasteiger charge is 2.53. The zero-order chi connectivity index (χ0) is 38.5. The number of nitrogens with zero attached hydrogens (tertiary/aromatic N) is 8. The normalized spacial score (nSPS) is 24.6. The van der Waals surface area contributed by atoms with Crippen molar-refractivity contribution in [1.82, 2.24) is 15.3 Å². The van der Waals surface area contributed by atoms with Crippen LogP contribution in [0.1, 0.15) is 56.6 Å². The molecule has 2 spiro atoms. The Hall–Kier alpha value is -7.92. The summed E-state index contributed by atoms with van der Waals surface area (Å²) < 4.78 is 0. The van der Waals surface area contributed by atoms with Crippen LogP contribution in [-0.4, -0.2) is 33.3 Å². The minimum absolute atomic E-state index is 0.551. The van der Waals surface area contributed by atoms with Crippen LogP contribution in [0.4, 0.5) is 0 Å². The van der Waals surface area contributed by atoms with Gasteiger partial charge in [0.05, 0.1) is 0 Å². The maximum Gasteiger partial charge on any atom is 0.207 e. The lowest BCUT2D eigenvalue weighted by atomic mass is 9.87. The molecule has 0 aliphatic carbocycles. The van der Waals surface area contributed by atoms with Crippen LogP contribution in [0.2, 0.25) is 0 Å². The number of hydrogen-bond donors (Lipinski definition) is 3. The molecule has 11 nitrogen and oxygen atoms in total. The highest BCUT2D eigenvalue weighted by Crippen LogP contribution is 2.53. The molecule has 0 fully saturated rings. The van der Waals surface area contributed by atoms with Gasteiger partial charge in [-0.2, -0.15) is 0 Å². The van der Waals surface area contributed by atoms with Gasteiger partial charge < -0.3 is 15.3 Å². The van der Waals surface area contributed by atoms with Crippen LogP contribution in [0.5, 0.6) is 0 Å². The van der Waals surface area contributed by atoms with Crippen LogP contribution >= 0.6 is 0 Å².